The van der Waals surface area contributed by atoms with Gasteiger partial charge in [0.25, 0.3) is 0 Å². The summed E-state index contributed by atoms with van der Waals surface area (Å²) in [7, 11) is -3.12. The lowest BCUT2D eigenvalue weighted by Gasteiger charge is -2.21. The lowest BCUT2D eigenvalue weighted by molar-refractivity contribution is 0.479. The number of phenols is 1. The standard InChI is InChI=1S/C18H14BrO2P/c19-14-11-12-17(20)18(13-14)22(21,15-7-3-1-4-8-15)16-9-5-2-6-10-16/h1-13,20H. The minimum atomic E-state index is -3.12. The Morgan fingerprint density at radius 3 is 1.77 bits per heavy atom. The summed E-state index contributed by atoms with van der Waals surface area (Å²) in [6, 6.07) is 23.6. The number of hydrogen-bond donors (Lipinski definition) is 1. The molecule has 2 nitrogen and oxygen atoms in total. The number of aromatic hydroxyl groups is 1. The molecule has 0 saturated heterocycles. The van der Waals surface area contributed by atoms with Crippen LogP contribution < -0.4 is 15.9 Å². The van der Waals surface area contributed by atoms with E-state index in [0.717, 1.165) is 4.47 Å². The summed E-state index contributed by atoms with van der Waals surface area (Å²) in [5.41, 5.74) is 0. The molecule has 0 spiro atoms. The van der Waals surface area contributed by atoms with Crippen molar-refractivity contribution in [2.45, 2.75) is 0 Å². The van der Waals surface area contributed by atoms with Gasteiger partial charge < -0.3 is 9.67 Å². The van der Waals surface area contributed by atoms with E-state index in [2.05, 4.69) is 15.9 Å². The Balaban J connectivity index is 2.34. The Morgan fingerprint density at radius 2 is 1.27 bits per heavy atom. The van der Waals surface area contributed by atoms with Crippen LogP contribution in [0.1, 0.15) is 0 Å². The molecule has 0 aromatic heterocycles. The summed E-state index contributed by atoms with van der Waals surface area (Å²) < 4.78 is 14.8. The third-order valence-corrected chi connectivity index (χ3v) is 7.10. The summed E-state index contributed by atoms with van der Waals surface area (Å²) in [5.74, 6) is 0.0410. The molecule has 3 rings (SSSR count). The van der Waals surface area contributed by atoms with E-state index >= 15 is 0 Å². The molecule has 0 fully saturated rings. The van der Waals surface area contributed by atoms with Crippen molar-refractivity contribution in [3.8, 4) is 5.75 Å². The molecule has 0 heterocycles. The number of phenolic OH excluding ortho intramolecular Hbond substituents is 1. The molecular formula is C18H14BrO2P. The molecule has 0 aliphatic rings. The minimum Gasteiger partial charge on any atom is -0.507 e. The van der Waals surface area contributed by atoms with Crippen LogP contribution in [0.15, 0.2) is 83.3 Å². The van der Waals surface area contributed by atoms with Crippen molar-refractivity contribution in [1.82, 2.24) is 0 Å². The topological polar surface area (TPSA) is 37.3 Å². The van der Waals surface area contributed by atoms with E-state index in [1.165, 1.54) is 0 Å². The van der Waals surface area contributed by atoms with E-state index in [1.807, 2.05) is 60.7 Å². The van der Waals surface area contributed by atoms with Crippen LogP contribution in [0.2, 0.25) is 0 Å². The molecule has 3 aromatic carbocycles. The van der Waals surface area contributed by atoms with Gasteiger partial charge in [0.2, 0.25) is 0 Å². The summed E-state index contributed by atoms with van der Waals surface area (Å²) >= 11 is 3.40. The van der Waals surface area contributed by atoms with E-state index in [9.17, 15) is 9.67 Å². The van der Waals surface area contributed by atoms with Crippen molar-refractivity contribution in [1.29, 1.82) is 0 Å². The van der Waals surface area contributed by atoms with Crippen LogP contribution in [0.4, 0.5) is 0 Å². The maximum absolute atomic E-state index is 14.0. The molecule has 0 saturated carbocycles. The Hall–Kier alpha value is -1.83. The average molecular weight is 373 g/mol. The normalized spacial score (nSPS) is 11.3. The third-order valence-electron chi connectivity index (χ3n) is 3.52. The molecule has 110 valence electrons. The van der Waals surface area contributed by atoms with Crippen molar-refractivity contribution >= 4 is 39.0 Å². The highest BCUT2D eigenvalue weighted by molar-refractivity contribution is 9.10. The predicted octanol–water partition coefficient (Wildman–Crippen LogP) is 3.79. The number of halogens is 1. The SMILES string of the molecule is O=P(c1ccccc1)(c1ccccc1)c1cc(Br)ccc1O. The molecule has 4 heteroatoms. The van der Waals surface area contributed by atoms with Gasteiger partial charge in [-0.15, -0.1) is 0 Å². The lowest BCUT2D eigenvalue weighted by atomic mass is 10.3. The summed E-state index contributed by atoms with van der Waals surface area (Å²) in [6.07, 6.45) is 0. The summed E-state index contributed by atoms with van der Waals surface area (Å²) in [4.78, 5) is 0. The molecule has 0 aliphatic heterocycles. The van der Waals surface area contributed by atoms with Gasteiger partial charge in [-0.05, 0) is 18.2 Å². The van der Waals surface area contributed by atoms with E-state index in [-0.39, 0.29) is 5.75 Å². The van der Waals surface area contributed by atoms with Crippen LogP contribution in [-0.4, -0.2) is 5.11 Å². The Kier molecular flexibility index (Phi) is 4.19. The van der Waals surface area contributed by atoms with Crippen molar-refractivity contribution in [3.05, 3.63) is 83.3 Å². The van der Waals surface area contributed by atoms with Gasteiger partial charge in [0.15, 0.2) is 7.14 Å². The van der Waals surface area contributed by atoms with Gasteiger partial charge in [-0.2, -0.15) is 0 Å². The molecule has 22 heavy (non-hydrogen) atoms. The van der Waals surface area contributed by atoms with Crippen molar-refractivity contribution in [2.24, 2.45) is 0 Å². The molecular weight excluding hydrogens is 359 g/mol. The second-order valence-electron chi connectivity index (χ2n) is 4.91. The average Bonchev–Trinajstić information content (AvgIpc) is 2.58. The maximum atomic E-state index is 14.0. The van der Waals surface area contributed by atoms with Gasteiger partial charge >= 0.3 is 0 Å². The molecule has 3 aromatic rings. The zero-order valence-corrected chi connectivity index (χ0v) is 14.2. The van der Waals surface area contributed by atoms with Crippen molar-refractivity contribution in [2.75, 3.05) is 0 Å². The molecule has 0 unspecified atom stereocenters. The fourth-order valence-corrected chi connectivity index (χ4v) is 5.75. The van der Waals surface area contributed by atoms with Crippen LogP contribution in [0, 0.1) is 0 Å². The lowest BCUT2D eigenvalue weighted by Crippen LogP contribution is -2.25. The van der Waals surface area contributed by atoms with E-state index in [1.54, 1.807) is 18.2 Å². The first kappa shape index (κ1) is 15.1. The first-order valence-corrected chi connectivity index (χ1v) is 9.33. The Bertz CT molecular complexity index is 789. The summed E-state index contributed by atoms with van der Waals surface area (Å²) in [6.45, 7) is 0. The van der Waals surface area contributed by atoms with Gasteiger partial charge in [-0.25, -0.2) is 0 Å². The van der Waals surface area contributed by atoms with Gasteiger partial charge in [-0.3, -0.25) is 0 Å². The molecule has 0 bridgehead atoms. The fraction of sp³-hybridized carbons (Fsp3) is 0. The van der Waals surface area contributed by atoms with Crippen LogP contribution in [0.5, 0.6) is 5.75 Å². The monoisotopic (exact) mass is 372 g/mol. The molecule has 1 N–H and O–H groups in total. The number of hydrogen-bond acceptors (Lipinski definition) is 2. The predicted molar refractivity (Wildman–Crippen MR) is 95.2 cm³/mol. The van der Waals surface area contributed by atoms with Crippen molar-refractivity contribution < 1.29 is 9.67 Å². The first-order valence-electron chi connectivity index (χ1n) is 6.83. The minimum absolute atomic E-state index is 0.0410. The second kappa shape index (κ2) is 6.12. The van der Waals surface area contributed by atoms with Crippen LogP contribution in [0.3, 0.4) is 0 Å². The number of benzene rings is 3. The largest absolute Gasteiger partial charge is 0.507 e. The van der Waals surface area contributed by atoms with Gasteiger partial charge in [0, 0.05) is 15.1 Å². The molecule has 0 aliphatic carbocycles. The smallest absolute Gasteiger partial charge is 0.174 e. The number of rotatable bonds is 3. The quantitative estimate of drug-likeness (QED) is 0.710. The van der Waals surface area contributed by atoms with E-state index < -0.39 is 7.14 Å². The Labute approximate surface area is 137 Å². The molecule has 0 amide bonds. The maximum Gasteiger partial charge on any atom is 0.174 e. The van der Waals surface area contributed by atoms with Crippen LogP contribution >= 0.6 is 23.1 Å². The van der Waals surface area contributed by atoms with Gasteiger partial charge in [-0.1, -0.05) is 76.6 Å². The zero-order valence-electron chi connectivity index (χ0n) is 11.7. The first-order chi connectivity index (χ1) is 10.6. The van der Waals surface area contributed by atoms with Gasteiger partial charge in [0.05, 0.1) is 5.30 Å². The summed E-state index contributed by atoms with van der Waals surface area (Å²) in [5, 5.41) is 12.2. The molecule has 0 radical (unpaired) electrons. The second-order valence-corrected chi connectivity index (χ2v) is 8.56. The fourth-order valence-electron chi connectivity index (χ4n) is 2.45. The van der Waals surface area contributed by atoms with E-state index in [0.29, 0.717) is 15.9 Å². The highest BCUT2D eigenvalue weighted by Crippen LogP contribution is 2.45. The zero-order chi connectivity index (χ0) is 15.6. The van der Waals surface area contributed by atoms with Crippen LogP contribution in [0.25, 0.3) is 0 Å². The van der Waals surface area contributed by atoms with Crippen molar-refractivity contribution in [3.63, 3.8) is 0 Å². The highest BCUT2D eigenvalue weighted by atomic mass is 79.9. The highest BCUT2D eigenvalue weighted by Gasteiger charge is 2.32. The van der Waals surface area contributed by atoms with Crippen LogP contribution in [-0.2, 0) is 4.57 Å². The molecule has 0 atom stereocenters. The van der Waals surface area contributed by atoms with E-state index in [4.69, 9.17) is 0 Å². The Morgan fingerprint density at radius 1 is 0.773 bits per heavy atom. The third kappa shape index (κ3) is 2.63. The van der Waals surface area contributed by atoms with Gasteiger partial charge in [0.1, 0.15) is 5.75 Å².